The molecule has 0 bridgehead atoms. The van der Waals surface area contributed by atoms with Crippen LogP contribution in [0.3, 0.4) is 0 Å². The summed E-state index contributed by atoms with van der Waals surface area (Å²) >= 11 is 0. The van der Waals surface area contributed by atoms with Gasteiger partial charge in [-0.25, -0.2) is 0 Å². The van der Waals surface area contributed by atoms with Crippen LogP contribution in [0, 0.1) is 0 Å². The van der Waals surface area contributed by atoms with Crippen LogP contribution in [0.4, 0.5) is 13.2 Å². The third kappa shape index (κ3) is 10.3. The Kier molecular flexibility index (Phi) is 8.34. The third-order valence-corrected chi connectivity index (χ3v) is 2.88. The summed E-state index contributed by atoms with van der Waals surface area (Å²) in [6.45, 7) is 1.96. The van der Waals surface area contributed by atoms with Gasteiger partial charge < -0.3 is 15.0 Å². The predicted octanol–water partition coefficient (Wildman–Crippen LogP) is 2.68. The highest BCUT2D eigenvalue weighted by Crippen LogP contribution is 2.13. The van der Waals surface area contributed by atoms with Gasteiger partial charge in [0.1, 0.15) is 6.61 Å². The zero-order chi connectivity index (χ0) is 15.6. The molecule has 0 saturated carbocycles. The van der Waals surface area contributed by atoms with E-state index < -0.39 is 12.8 Å². The smallest absolute Gasteiger partial charge is 0.371 e. The van der Waals surface area contributed by atoms with E-state index in [2.05, 4.69) is 34.1 Å². The van der Waals surface area contributed by atoms with E-state index in [-0.39, 0.29) is 6.61 Å². The van der Waals surface area contributed by atoms with Crippen LogP contribution < -0.4 is 5.32 Å². The molecule has 6 heteroatoms. The van der Waals surface area contributed by atoms with Gasteiger partial charge in [0, 0.05) is 13.1 Å². The number of nitrogens with one attached hydrogen (secondary N) is 1. The van der Waals surface area contributed by atoms with Crippen molar-refractivity contribution >= 4 is 0 Å². The molecule has 0 aromatic heterocycles. The van der Waals surface area contributed by atoms with Gasteiger partial charge in [-0.05, 0) is 32.1 Å². The molecule has 3 nitrogen and oxygen atoms in total. The lowest BCUT2D eigenvalue weighted by atomic mass is 10.2. The van der Waals surface area contributed by atoms with Gasteiger partial charge in [-0.15, -0.1) is 0 Å². The molecule has 0 fully saturated rings. The van der Waals surface area contributed by atoms with Gasteiger partial charge in [-0.3, -0.25) is 0 Å². The van der Waals surface area contributed by atoms with Crippen molar-refractivity contribution in [2.24, 2.45) is 0 Å². The number of hydrogen-bond donors (Lipinski definition) is 1. The molecule has 1 aromatic rings. The molecule has 0 unspecified atom stereocenters. The van der Waals surface area contributed by atoms with Crippen molar-refractivity contribution in [3.05, 3.63) is 35.9 Å². The quantitative estimate of drug-likeness (QED) is 0.673. The fourth-order valence-electron chi connectivity index (χ4n) is 1.91. The summed E-state index contributed by atoms with van der Waals surface area (Å²) in [4.78, 5) is 2.22. The number of hydrogen-bond acceptors (Lipinski definition) is 3. The van der Waals surface area contributed by atoms with Crippen molar-refractivity contribution in [3.8, 4) is 0 Å². The van der Waals surface area contributed by atoms with Crippen molar-refractivity contribution in [2.45, 2.75) is 19.1 Å². The van der Waals surface area contributed by atoms with E-state index in [0.717, 1.165) is 26.1 Å². The molecular weight excluding hydrogens is 281 g/mol. The van der Waals surface area contributed by atoms with Gasteiger partial charge in [0.2, 0.25) is 0 Å². The topological polar surface area (TPSA) is 24.5 Å². The van der Waals surface area contributed by atoms with Crippen LogP contribution in [0.25, 0.3) is 0 Å². The lowest BCUT2D eigenvalue weighted by Gasteiger charge is -2.16. The molecule has 0 amide bonds. The second-order valence-electron chi connectivity index (χ2n) is 4.99. The van der Waals surface area contributed by atoms with Gasteiger partial charge in [0.15, 0.2) is 0 Å². The molecule has 0 spiro atoms. The number of nitrogens with zero attached hydrogens (tertiary/aromatic N) is 1. The molecule has 0 heterocycles. The number of benzene rings is 1. The minimum Gasteiger partial charge on any atom is -0.371 e. The lowest BCUT2D eigenvalue weighted by molar-refractivity contribution is -0.173. The molecule has 120 valence electrons. The number of ether oxygens (including phenoxy) is 1. The van der Waals surface area contributed by atoms with Crippen LogP contribution in [-0.2, 0) is 11.3 Å². The summed E-state index contributed by atoms with van der Waals surface area (Å²) in [6, 6.07) is 10.2. The Balaban J connectivity index is 1.94. The highest BCUT2D eigenvalue weighted by molar-refractivity contribution is 5.14. The molecule has 0 aliphatic rings. The number of rotatable bonds is 10. The van der Waals surface area contributed by atoms with Crippen LogP contribution >= 0.6 is 0 Å². The monoisotopic (exact) mass is 304 g/mol. The fraction of sp³-hybridized carbons (Fsp3) is 0.600. The average molecular weight is 304 g/mol. The van der Waals surface area contributed by atoms with Crippen molar-refractivity contribution in [1.82, 2.24) is 10.2 Å². The first-order valence-corrected chi connectivity index (χ1v) is 7.05. The Morgan fingerprint density at radius 2 is 1.86 bits per heavy atom. The standard InChI is InChI=1S/C15H23F3N2O/c1-20(12-14-6-3-2-4-7-14)10-5-8-19-9-11-21-13-15(16,17)18/h2-4,6-7,19H,5,8-13H2,1H3. The third-order valence-electron chi connectivity index (χ3n) is 2.88. The minimum absolute atomic E-state index is 0.0827. The molecule has 0 aliphatic carbocycles. The molecule has 0 saturated heterocycles. The zero-order valence-electron chi connectivity index (χ0n) is 12.3. The Hall–Kier alpha value is -1.11. The van der Waals surface area contributed by atoms with Gasteiger partial charge >= 0.3 is 6.18 Å². The fourth-order valence-corrected chi connectivity index (χ4v) is 1.91. The Bertz CT molecular complexity index is 371. The second kappa shape index (κ2) is 9.76. The van der Waals surface area contributed by atoms with Gasteiger partial charge in [0.05, 0.1) is 6.61 Å². The van der Waals surface area contributed by atoms with E-state index in [1.165, 1.54) is 5.56 Å². The minimum atomic E-state index is -4.24. The normalized spacial score (nSPS) is 12.0. The maximum Gasteiger partial charge on any atom is 0.411 e. The van der Waals surface area contributed by atoms with Crippen molar-refractivity contribution in [1.29, 1.82) is 0 Å². The molecule has 0 radical (unpaired) electrons. The predicted molar refractivity (Wildman–Crippen MR) is 77.1 cm³/mol. The molecule has 0 aliphatic heterocycles. The summed E-state index contributed by atoms with van der Waals surface area (Å²) in [6.07, 6.45) is -3.29. The largest absolute Gasteiger partial charge is 0.411 e. The van der Waals surface area contributed by atoms with Crippen LogP contribution in [0.15, 0.2) is 30.3 Å². The Labute approximate surface area is 124 Å². The van der Waals surface area contributed by atoms with Crippen molar-refractivity contribution in [3.63, 3.8) is 0 Å². The number of alkyl halides is 3. The average Bonchev–Trinajstić information content (AvgIpc) is 2.41. The molecule has 1 N–H and O–H groups in total. The zero-order valence-corrected chi connectivity index (χ0v) is 12.3. The maximum absolute atomic E-state index is 11.8. The summed E-state index contributed by atoms with van der Waals surface area (Å²) in [5.74, 6) is 0. The maximum atomic E-state index is 11.8. The van der Waals surface area contributed by atoms with Crippen LogP contribution in [0.5, 0.6) is 0 Å². The van der Waals surface area contributed by atoms with Crippen molar-refractivity contribution < 1.29 is 17.9 Å². The van der Waals surface area contributed by atoms with Crippen LogP contribution in [0.1, 0.15) is 12.0 Å². The van der Waals surface area contributed by atoms with E-state index in [4.69, 9.17) is 0 Å². The SMILES string of the molecule is CN(CCCNCCOCC(F)(F)F)Cc1ccccc1. The Morgan fingerprint density at radius 1 is 1.14 bits per heavy atom. The summed E-state index contributed by atoms with van der Waals surface area (Å²) < 4.78 is 39.9. The Morgan fingerprint density at radius 3 is 2.52 bits per heavy atom. The molecule has 1 aromatic carbocycles. The van der Waals surface area contributed by atoms with E-state index in [1.54, 1.807) is 0 Å². The van der Waals surface area contributed by atoms with Gasteiger partial charge in [-0.2, -0.15) is 13.2 Å². The molecule has 1 rings (SSSR count). The van der Waals surface area contributed by atoms with E-state index in [9.17, 15) is 13.2 Å². The number of halogens is 3. The van der Waals surface area contributed by atoms with Crippen LogP contribution in [0.2, 0.25) is 0 Å². The van der Waals surface area contributed by atoms with E-state index in [1.807, 2.05) is 18.2 Å². The molecule has 21 heavy (non-hydrogen) atoms. The highest BCUT2D eigenvalue weighted by atomic mass is 19.4. The lowest BCUT2D eigenvalue weighted by Crippen LogP contribution is -2.27. The van der Waals surface area contributed by atoms with E-state index in [0.29, 0.717) is 6.54 Å². The first-order valence-electron chi connectivity index (χ1n) is 7.05. The van der Waals surface area contributed by atoms with E-state index >= 15 is 0 Å². The second-order valence-corrected chi connectivity index (χ2v) is 4.99. The summed E-state index contributed by atoms with van der Waals surface area (Å²) in [5, 5.41) is 3.07. The van der Waals surface area contributed by atoms with Gasteiger partial charge in [0.25, 0.3) is 0 Å². The summed E-state index contributed by atoms with van der Waals surface area (Å²) in [7, 11) is 2.06. The van der Waals surface area contributed by atoms with Crippen LogP contribution in [-0.4, -0.2) is 51.0 Å². The highest BCUT2D eigenvalue weighted by Gasteiger charge is 2.27. The van der Waals surface area contributed by atoms with Crippen molar-refractivity contribution in [2.75, 3.05) is 39.9 Å². The summed E-state index contributed by atoms with van der Waals surface area (Å²) in [5.41, 5.74) is 1.27. The van der Waals surface area contributed by atoms with Gasteiger partial charge in [-0.1, -0.05) is 30.3 Å². The molecular formula is C15H23F3N2O. The first kappa shape index (κ1) is 17.9. The first-order chi connectivity index (χ1) is 9.97. The molecule has 0 atom stereocenters.